The molecule has 2 heterocycles. The lowest BCUT2D eigenvalue weighted by Gasteiger charge is -2.17. The minimum Gasteiger partial charge on any atom is -0.465 e. The third kappa shape index (κ3) is 3.51. The van der Waals surface area contributed by atoms with E-state index in [1.165, 1.54) is 32.2 Å². The van der Waals surface area contributed by atoms with Gasteiger partial charge in [0.25, 0.3) is 17.7 Å². The maximum absolute atomic E-state index is 13.1. The fourth-order valence-corrected chi connectivity index (χ4v) is 3.82. The third-order valence-corrected chi connectivity index (χ3v) is 5.57. The second-order valence-corrected chi connectivity index (χ2v) is 7.79. The Labute approximate surface area is 194 Å². The Bertz CT molecular complexity index is 1440. The molecule has 1 aliphatic heterocycles. The number of imide groups is 1. The number of ether oxygens (including phenoxy) is 1. The summed E-state index contributed by atoms with van der Waals surface area (Å²) < 4.78 is 10.1. The highest BCUT2D eigenvalue weighted by Gasteiger charge is 2.38. The maximum Gasteiger partial charge on any atom is 0.342 e. The van der Waals surface area contributed by atoms with Crippen LogP contribution in [0.5, 0.6) is 0 Å². The first-order chi connectivity index (χ1) is 16.2. The average molecular weight is 457 g/mol. The number of nitriles is 1. The number of benzene rings is 2. The first kappa shape index (κ1) is 22.5. The summed E-state index contributed by atoms with van der Waals surface area (Å²) in [5.41, 5.74) is 2.22. The molecule has 34 heavy (non-hydrogen) atoms. The summed E-state index contributed by atoms with van der Waals surface area (Å²) >= 11 is 0. The van der Waals surface area contributed by atoms with Crippen LogP contribution < -0.4 is 10.2 Å². The molecule has 2 aromatic carbocycles. The summed E-state index contributed by atoms with van der Waals surface area (Å²) in [6.45, 7) is 5.13. The van der Waals surface area contributed by atoms with Gasteiger partial charge in [0.15, 0.2) is 0 Å². The highest BCUT2D eigenvalue weighted by Crippen LogP contribution is 2.32. The predicted octanol–water partition coefficient (Wildman–Crippen LogP) is 3.92. The zero-order chi connectivity index (χ0) is 24.7. The van der Waals surface area contributed by atoms with Gasteiger partial charge in [-0.05, 0) is 56.2 Å². The normalized spacial score (nSPS) is 12.4. The van der Waals surface area contributed by atoms with Crippen LogP contribution >= 0.6 is 0 Å². The Hall–Kier alpha value is -4.71. The molecule has 0 saturated carbocycles. The van der Waals surface area contributed by atoms with E-state index in [2.05, 4.69) is 10.1 Å². The van der Waals surface area contributed by atoms with Crippen LogP contribution in [-0.2, 0) is 4.74 Å². The second-order valence-electron chi connectivity index (χ2n) is 7.79. The molecule has 1 N–H and O–H groups in total. The average Bonchev–Trinajstić information content (AvgIpc) is 3.26. The van der Waals surface area contributed by atoms with Crippen molar-refractivity contribution in [2.75, 3.05) is 17.3 Å². The lowest BCUT2D eigenvalue weighted by Crippen LogP contribution is -2.30. The fraction of sp³-hybridized carbons (Fsp3) is 0.160. The first-order valence-electron chi connectivity index (χ1n) is 10.2. The van der Waals surface area contributed by atoms with Crippen molar-refractivity contribution in [3.8, 4) is 6.07 Å². The molecule has 0 saturated heterocycles. The largest absolute Gasteiger partial charge is 0.465 e. The fourth-order valence-electron chi connectivity index (χ4n) is 3.82. The highest BCUT2D eigenvalue weighted by molar-refractivity contribution is 6.35. The molecular formula is C25H19N3O6. The molecule has 4 rings (SSSR count). The van der Waals surface area contributed by atoms with Crippen LogP contribution in [0, 0.1) is 32.1 Å². The molecule has 0 fully saturated rings. The molecule has 1 aromatic heterocycles. The van der Waals surface area contributed by atoms with Crippen LogP contribution in [0.2, 0.25) is 0 Å². The van der Waals surface area contributed by atoms with Crippen molar-refractivity contribution < 1.29 is 28.3 Å². The summed E-state index contributed by atoms with van der Waals surface area (Å²) in [4.78, 5) is 52.0. The van der Waals surface area contributed by atoms with Crippen molar-refractivity contribution in [1.29, 1.82) is 5.26 Å². The van der Waals surface area contributed by atoms with Gasteiger partial charge in [0, 0.05) is 5.56 Å². The Kier molecular flexibility index (Phi) is 5.51. The van der Waals surface area contributed by atoms with Gasteiger partial charge < -0.3 is 9.15 Å². The van der Waals surface area contributed by atoms with Gasteiger partial charge in [-0.15, -0.1) is 0 Å². The molecule has 170 valence electrons. The van der Waals surface area contributed by atoms with Crippen LogP contribution in [0.3, 0.4) is 0 Å². The van der Waals surface area contributed by atoms with Crippen LogP contribution in [0.25, 0.3) is 0 Å². The number of fused-ring (bicyclic) bond motifs is 1. The minimum atomic E-state index is -0.772. The van der Waals surface area contributed by atoms with Crippen molar-refractivity contribution in [2.45, 2.75) is 20.8 Å². The monoisotopic (exact) mass is 457 g/mol. The van der Waals surface area contributed by atoms with Gasteiger partial charge in [-0.2, -0.15) is 5.26 Å². The highest BCUT2D eigenvalue weighted by atomic mass is 16.5. The summed E-state index contributed by atoms with van der Waals surface area (Å²) in [5.74, 6) is -2.58. The van der Waals surface area contributed by atoms with Gasteiger partial charge >= 0.3 is 5.97 Å². The Balaban J connectivity index is 1.67. The number of carbonyl (C=O) groups excluding carboxylic acids is 4. The van der Waals surface area contributed by atoms with E-state index < -0.39 is 23.7 Å². The number of aryl methyl sites for hydroxylation is 3. The van der Waals surface area contributed by atoms with Gasteiger partial charge in [-0.1, -0.05) is 12.1 Å². The number of hydrogen-bond acceptors (Lipinski definition) is 7. The summed E-state index contributed by atoms with van der Waals surface area (Å²) in [5, 5.41) is 11.9. The van der Waals surface area contributed by atoms with Crippen molar-refractivity contribution in [3.05, 3.63) is 81.1 Å². The van der Waals surface area contributed by atoms with Gasteiger partial charge in [0.2, 0.25) is 5.88 Å². The van der Waals surface area contributed by atoms with Crippen molar-refractivity contribution in [2.24, 2.45) is 0 Å². The number of nitrogens with one attached hydrogen (secondary N) is 1. The van der Waals surface area contributed by atoms with Crippen LogP contribution in [0.4, 0.5) is 11.6 Å². The summed E-state index contributed by atoms with van der Waals surface area (Å²) in [6, 6.07) is 11.4. The summed E-state index contributed by atoms with van der Waals surface area (Å²) in [7, 11) is 1.17. The zero-order valence-corrected chi connectivity index (χ0v) is 18.8. The molecule has 0 aliphatic carbocycles. The molecule has 3 amide bonds. The smallest absolute Gasteiger partial charge is 0.342 e. The number of amides is 3. The molecule has 0 unspecified atom stereocenters. The second kappa shape index (κ2) is 8.33. The number of rotatable bonds is 4. The number of esters is 1. The Morgan fingerprint density at radius 3 is 2.41 bits per heavy atom. The quantitative estimate of drug-likeness (QED) is 0.464. The molecule has 3 aromatic rings. The standard InChI is InChI=1S/C25H19N3O6/c1-12-5-6-13(2)19(9-12)28-23(30)16-8-7-15(10-17(16)24(28)31)21(29)27-22-18(11-26)20(14(3)34-22)25(32)33-4/h5-10H,1-4H3,(H,27,29). The Morgan fingerprint density at radius 1 is 1.03 bits per heavy atom. The van der Waals surface area contributed by atoms with Crippen LogP contribution in [0.15, 0.2) is 40.8 Å². The molecular weight excluding hydrogens is 438 g/mol. The SMILES string of the molecule is COC(=O)c1c(C)oc(NC(=O)c2ccc3c(c2)C(=O)N(c2cc(C)ccc2C)C3=O)c1C#N. The Morgan fingerprint density at radius 2 is 1.74 bits per heavy atom. The molecule has 0 atom stereocenters. The minimum absolute atomic E-state index is 0.0697. The van der Waals surface area contributed by atoms with Crippen LogP contribution in [0.1, 0.15) is 63.9 Å². The van der Waals surface area contributed by atoms with Crippen LogP contribution in [-0.4, -0.2) is 30.8 Å². The molecule has 0 spiro atoms. The van der Waals surface area contributed by atoms with E-state index in [1.54, 1.807) is 13.0 Å². The molecule has 9 heteroatoms. The predicted molar refractivity (Wildman–Crippen MR) is 121 cm³/mol. The van der Waals surface area contributed by atoms with E-state index in [0.29, 0.717) is 5.69 Å². The van der Waals surface area contributed by atoms with Gasteiger partial charge in [-0.25, -0.2) is 9.69 Å². The number of furan rings is 1. The number of hydrogen-bond donors (Lipinski definition) is 1. The van der Waals surface area contributed by atoms with E-state index in [-0.39, 0.29) is 39.5 Å². The summed E-state index contributed by atoms with van der Waals surface area (Å²) in [6.07, 6.45) is 0. The van der Waals surface area contributed by atoms with Crippen molar-refractivity contribution in [1.82, 2.24) is 0 Å². The van der Waals surface area contributed by atoms with Gasteiger partial charge in [0.1, 0.15) is 23.0 Å². The van der Waals surface area contributed by atoms with E-state index in [1.807, 2.05) is 25.1 Å². The molecule has 9 nitrogen and oxygen atoms in total. The van der Waals surface area contributed by atoms with E-state index in [9.17, 15) is 24.4 Å². The molecule has 0 bridgehead atoms. The van der Waals surface area contributed by atoms with E-state index >= 15 is 0 Å². The number of nitrogens with zero attached hydrogens (tertiary/aromatic N) is 2. The van der Waals surface area contributed by atoms with E-state index in [4.69, 9.17) is 4.42 Å². The molecule has 0 radical (unpaired) electrons. The van der Waals surface area contributed by atoms with Crippen molar-refractivity contribution in [3.63, 3.8) is 0 Å². The zero-order valence-electron chi connectivity index (χ0n) is 18.8. The number of methoxy groups -OCH3 is 1. The number of anilines is 2. The van der Waals surface area contributed by atoms with Gasteiger partial charge in [0.05, 0.1) is 23.9 Å². The first-order valence-corrected chi connectivity index (χ1v) is 10.2. The van der Waals surface area contributed by atoms with Gasteiger partial charge in [-0.3, -0.25) is 19.7 Å². The van der Waals surface area contributed by atoms with E-state index in [0.717, 1.165) is 16.0 Å². The third-order valence-electron chi connectivity index (χ3n) is 5.57. The lowest BCUT2D eigenvalue weighted by molar-refractivity contribution is 0.0598. The topological polar surface area (TPSA) is 130 Å². The lowest BCUT2D eigenvalue weighted by atomic mass is 10.1. The maximum atomic E-state index is 13.1. The number of carbonyl (C=O) groups is 4. The molecule has 1 aliphatic rings. The van der Waals surface area contributed by atoms with Crippen molar-refractivity contribution >= 4 is 35.3 Å².